The maximum Gasteiger partial charge on any atom is 0.216 e. The van der Waals surface area contributed by atoms with Gasteiger partial charge in [-0.25, -0.2) is 5.10 Å². The second-order valence-electron chi connectivity index (χ2n) is 6.30. The predicted octanol–water partition coefficient (Wildman–Crippen LogP) is 3.58. The first-order valence-electron chi connectivity index (χ1n) is 8.78. The van der Waals surface area contributed by atoms with E-state index >= 15 is 0 Å². The fraction of sp³-hybridized carbons (Fsp3) is 0.250. The first-order valence-corrected chi connectivity index (χ1v) is 9.18. The monoisotopic (exact) mass is 413 g/mol. The highest BCUT2D eigenvalue weighted by molar-refractivity contribution is 7.71. The molecule has 1 N–H and O–H groups in total. The molecule has 2 aromatic carbocycles. The van der Waals surface area contributed by atoms with E-state index in [2.05, 4.69) is 15.3 Å². The van der Waals surface area contributed by atoms with Crippen LogP contribution in [0.2, 0.25) is 0 Å². The van der Waals surface area contributed by atoms with Crippen molar-refractivity contribution < 1.29 is 14.2 Å². The summed E-state index contributed by atoms with van der Waals surface area (Å²) in [7, 11) is 8.72. The van der Waals surface area contributed by atoms with E-state index in [0.717, 1.165) is 11.3 Å². The van der Waals surface area contributed by atoms with Crippen LogP contribution in [0.3, 0.4) is 0 Å². The van der Waals surface area contributed by atoms with E-state index in [9.17, 15) is 0 Å². The summed E-state index contributed by atoms with van der Waals surface area (Å²) in [4.78, 5) is 2.03. The molecule has 0 fully saturated rings. The SMILES string of the molecule is COc1cc(OC)c(OC)cc1/C=N/n1c(-c2ccc(N(C)C)cc2)n[nH]c1=S. The molecule has 0 bridgehead atoms. The number of methoxy groups -OCH3 is 3. The molecule has 3 aromatic rings. The van der Waals surface area contributed by atoms with Crippen LogP contribution in [0.1, 0.15) is 5.56 Å². The number of nitrogens with one attached hydrogen (secondary N) is 1. The molecule has 0 amide bonds. The van der Waals surface area contributed by atoms with Crippen molar-refractivity contribution in [1.29, 1.82) is 0 Å². The Balaban J connectivity index is 2.00. The molecule has 1 aromatic heterocycles. The number of hydrogen-bond acceptors (Lipinski definition) is 7. The van der Waals surface area contributed by atoms with Crippen molar-refractivity contribution >= 4 is 24.1 Å². The molecule has 9 heteroatoms. The molecule has 0 unspecified atom stereocenters. The minimum Gasteiger partial charge on any atom is -0.496 e. The normalized spacial score (nSPS) is 10.9. The van der Waals surface area contributed by atoms with Crippen molar-refractivity contribution in [2.24, 2.45) is 5.10 Å². The molecule has 152 valence electrons. The first kappa shape index (κ1) is 20.4. The van der Waals surface area contributed by atoms with E-state index < -0.39 is 0 Å². The highest BCUT2D eigenvalue weighted by atomic mass is 32.1. The number of nitrogens with zero attached hydrogens (tertiary/aromatic N) is 4. The number of rotatable bonds is 7. The molecule has 0 spiro atoms. The van der Waals surface area contributed by atoms with Crippen molar-refractivity contribution in [2.45, 2.75) is 0 Å². The van der Waals surface area contributed by atoms with Crippen molar-refractivity contribution in [2.75, 3.05) is 40.3 Å². The van der Waals surface area contributed by atoms with Gasteiger partial charge in [0.1, 0.15) is 5.75 Å². The van der Waals surface area contributed by atoms with E-state index in [1.807, 2.05) is 43.3 Å². The Morgan fingerprint density at radius 2 is 1.62 bits per heavy atom. The second kappa shape index (κ2) is 8.78. The number of benzene rings is 2. The lowest BCUT2D eigenvalue weighted by Crippen LogP contribution is -2.08. The van der Waals surface area contributed by atoms with Gasteiger partial charge in [0.05, 0.1) is 27.5 Å². The van der Waals surface area contributed by atoms with Gasteiger partial charge < -0.3 is 19.1 Å². The number of anilines is 1. The van der Waals surface area contributed by atoms with E-state index in [1.54, 1.807) is 44.4 Å². The maximum atomic E-state index is 5.45. The Bertz CT molecular complexity index is 1070. The van der Waals surface area contributed by atoms with Crippen molar-refractivity contribution in [3.63, 3.8) is 0 Å². The Morgan fingerprint density at radius 1 is 1.00 bits per heavy atom. The van der Waals surface area contributed by atoms with Crippen LogP contribution in [0.25, 0.3) is 11.4 Å². The van der Waals surface area contributed by atoms with E-state index in [0.29, 0.717) is 33.4 Å². The zero-order chi connectivity index (χ0) is 21.0. The topological polar surface area (TPSA) is 76.9 Å². The third kappa shape index (κ3) is 4.24. The molecule has 0 aliphatic rings. The van der Waals surface area contributed by atoms with Crippen LogP contribution >= 0.6 is 12.2 Å². The summed E-state index contributed by atoms with van der Waals surface area (Å²) in [6.45, 7) is 0. The van der Waals surface area contributed by atoms with E-state index in [1.165, 1.54) is 0 Å². The van der Waals surface area contributed by atoms with Crippen molar-refractivity contribution in [3.8, 4) is 28.6 Å². The van der Waals surface area contributed by atoms with Gasteiger partial charge in [-0.2, -0.15) is 14.9 Å². The zero-order valence-corrected chi connectivity index (χ0v) is 17.8. The van der Waals surface area contributed by atoms with Crippen LogP contribution in [0.15, 0.2) is 41.5 Å². The molecule has 3 rings (SSSR count). The van der Waals surface area contributed by atoms with Gasteiger partial charge in [-0.15, -0.1) is 0 Å². The molecule has 0 atom stereocenters. The fourth-order valence-electron chi connectivity index (χ4n) is 2.77. The van der Waals surface area contributed by atoms with E-state index in [4.69, 9.17) is 26.4 Å². The molecular weight excluding hydrogens is 390 g/mol. The van der Waals surface area contributed by atoms with Crippen LogP contribution in [0.4, 0.5) is 5.69 Å². The molecule has 0 aliphatic heterocycles. The van der Waals surface area contributed by atoms with Gasteiger partial charge in [0.25, 0.3) is 0 Å². The molecule has 0 radical (unpaired) electrons. The largest absolute Gasteiger partial charge is 0.496 e. The van der Waals surface area contributed by atoms with Gasteiger partial charge in [-0.05, 0) is 42.5 Å². The fourth-order valence-corrected chi connectivity index (χ4v) is 2.95. The Labute approximate surface area is 174 Å². The number of H-pyrrole nitrogens is 1. The van der Waals surface area contributed by atoms with Crippen LogP contribution in [-0.4, -0.2) is 56.5 Å². The summed E-state index contributed by atoms with van der Waals surface area (Å²) in [5, 5.41) is 11.6. The highest BCUT2D eigenvalue weighted by Gasteiger charge is 2.12. The molecule has 0 saturated carbocycles. The molecule has 0 saturated heterocycles. The summed E-state index contributed by atoms with van der Waals surface area (Å²) in [6, 6.07) is 11.5. The number of ether oxygens (including phenoxy) is 3. The van der Waals surface area contributed by atoms with Gasteiger partial charge in [0, 0.05) is 37.0 Å². The summed E-state index contributed by atoms with van der Waals surface area (Å²) in [5.41, 5.74) is 2.69. The molecular formula is C20H23N5O3S. The van der Waals surface area contributed by atoms with Crippen molar-refractivity contribution in [3.05, 3.63) is 46.7 Å². The van der Waals surface area contributed by atoms with Gasteiger partial charge in [-0.3, -0.25) is 0 Å². The Hall–Kier alpha value is -3.33. The third-order valence-corrected chi connectivity index (χ3v) is 4.60. The predicted molar refractivity (Wildman–Crippen MR) is 116 cm³/mol. The van der Waals surface area contributed by atoms with Crippen LogP contribution in [-0.2, 0) is 0 Å². The lowest BCUT2D eigenvalue weighted by atomic mass is 10.2. The van der Waals surface area contributed by atoms with Crippen LogP contribution in [0.5, 0.6) is 17.2 Å². The smallest absolute Gasteiger partial charge is 0.216 e. The minimum atomic E-state index is 0.382. The third-order valence-electron chi connectivity index (χ3n) is 4.34. The standard InChI is InChI=1S/C20H23N5O3S/c1-24(2)15-8-6-13(7-9-15)19-22-23-20(29)25(19)21-12-14-10-17(27-4)18(28-5)11-16(14)26-3/h6-12H,1-5H3,(H,23,29)/b21-12+. The maximum absolute atomic E-state index is 5.45. The quantitative estimate of drug-likeness (QED) is 0.471. The van der Waals surface area contributed by atoms with Crippen molar-refractivity contribution in [1.82, 2.24) is 14.9 Å². The molecule has 0 aliphatic carbocycles. The number of hydrogen-bond donors (Lipinski definition) is 1. The second-order valence-corrected chi connectivity index (χ2v) is 6.69. The summed E-state index contributed by atoms with van der Waals surface area (Å²) in [6.07, 6.45) is 1.64. The average Bonchev–Trinajstić information content (AvgIpc) is 3.11. The Morgan fingerprint density at radius 3 is 2.21 bits per heavy atom. The summed E-state index contributed by atoms with van der Waals surface area (Å²) < 4.78 is 18.1. The average molecular weight is 414 g/mol. The number of aromatic amines is 1. The molecule has 29 heavy (non-hydrogen) atoms. The highest BCUT2D eigenvalue weighted by Crippen LogP contribution is 2.33. The lowest BCUT2D eigenvalue weighted by molar-refractivity contribution is 0.349. The van der Waals surface area contributed by atoms with Crippen LogP contribution in [0, 0.1) is 4.77 Å². The van der Waals surface area contributed by atoms with Gasteiger partial charge >= 0.3 is 0 Å². The lowest BCUT2D eigenvalue weighted by Gasteiger charge is -2.12. The van der Waals surface area contributed by atoms with Gasteiger partial charge in [0.2, 0.25) is 4.77 Å². The molecule has 8 nitrogen and oxygen atoms in total. The Kier molecular flexibility index (Phi) is 6.18. The first-order chi connectivity index (χ1) is 14.0. The van der Waals surface area contributed by atoms with Crippen LogP contribution < -0.4 is 19.1 Å². The summed E-state index contributed by atoms with van der Waals surface area (Å²) >= 11 is 5.35. The molecule has 1 heterocycles. The minimum absolute atomic E-state index is 0.382. The van der Waals surface area contributed by atoms with Gasteiger partial charge in [-0.1, -0.05) is 0 Å². The zero-order valence-electron chi connectivity index (χ0n) is 17.0. The van der Waals surface area contributed by atoms with E-state index in [-0.39, 0.29) is 0 Å². The van der Waals surface area contributed by atoms with Gasteiger partial charge in [0.15, 0.2) is 17.3 Å². The summed E-state index contributed by atoms with van der Waals surface area (Å²) in [5.74, 6) is 2.35. The number of aromatic nitrogens is 3.